The lowest BCUT2D eigenvalue weighted by Crippen LogP contribution is -2.46. The van der Waals surface area contributed by atoms with Crippen LogP contribution in [0.15, 0.2) is 60.2 Å². The SMILES string of the molecule is O=C(NCCCCN1CCN(c2cccc(Cl)c2Cl)CC1)c1ccc(-c2cn3ccsc3n2)cc1. The van der Waals surface area contributed by atoms with Gasteiger partial charge in [-0.2, -0.15) is 0 Å². The van der Waals surface area contributed by atoms with Crippen molar-refractivity contribution in [1.82, 2.24) is 19.6 Å². The number of thiazole rings is 1. The number of rotatable bonds is 8. The highest BCUT2D eigenvalue weighted by atomic mass is 35.5. The van der Waals surface area contributed by atoms with E-state index in [0.29, 0.717) is 22.2 Å². The number of amides is 1. The Bertz CT molecular complexity index is 1270. The van der Waals surface area contributed by atoms with Gasteiger partial charge in [0, 0.05) is 61.6 Å². The summed E-state index contributed by atoms with van der Waals surface area (Å²) >= 11 is 14.1. The monoisotopic (exact) mass is 527 g/mol. The van der Waals surface area contributed by atoms with Gasteiger partial charge in [-0.1, -0.05) is 41.4 Å². The van der Waals surface area contributed by atoms with Crippen LogP contribution in [0.1, 0.15) is 23.2 Å². The number of imidazole rings is 1. The van der Waals surface area contributed by atoms with Crippen molar-refractivity contribution in [3.63, 3.8) is 0 Å². The highest BCUT2D eigenvalue weighted by Crippen LogP contribution is 2.32. The largest absolute Gasteiger partial charge is 0.368 e. The van der Waals surface area contributed by atoms with Gasteiger partial charge >= 0.3 is 0 Å². The minimum absolute atomic E-state index is 0.0330. The molecule has 4 aromatic rings. The molecule has 1 aliphatic rings. The van der Waals surface area contributed by atoms with Crippen molar-refractivity contribution in [1.29, 1.82) is 0 Å². The molecule has 9 heteroatoms. The zero-order chi connectivity index (χ0) is 24.2. The number of fused-ring (bicyclic) bond motifs is 1. The molecule has 0 spiro atoms. The van der Waals surface area contributed by atoms with Crippen LogP contribution < -0.4 is 10.2 Å². The van der Waals surface area contributed by atoms with E-state index in [1.54, 1.807) is 11.3 Å². The van der Waals surface area contributed by atoms with E-state index in [0.717, 1.165) is 67.5 Å². The van der Waals surface area contributed by atoms with Gasteiger partial charge in [0.25, 0.3) is 5.91 Å². The minimum Gasteiger partial charge on any atom is -0.368 e. The molecule has 1 aliphatic heterocycles. The number of carbonyl (C=O) groups excluding carboxylic acids is 1. The smallest absolute Gasteiger partial charge is 0.251 e. The van der Waals surface area contributed by atoms with Crippen LogP contribution in [0.2, 0.25) is 10.0 Å². The van der Waals surface area contributed by atoms with Gasteiger partial charge in [-0.3, -0.25) is 14.1 Å². The topological polar surface area (TPSA) is 52.9 Å². The van der Waals surface area contributed by atoms with E-state index in [1.807, 2.05) is 64.6 Å². The lowest BCUT2D eigenvalue weighted by molar-refractivity contribution is 0.0952. The maximum absolute atomic E-state index is 12.5. The maximum Gasteiger partial charge on any atom is 0.251 e. The molecule has 2 aromatic carbocycles. The number of piperazine rings is 1. The van der Waals surface area contributed by atoms with Crippen molar-refractivity contribution >= 4 is 51.1 Å². The van der Waals surface area contributed by atoms with E-state index in [4.69, 9.17) is 23.2 Å². The third-order valence-corrected chi connectivity index (χ3v) is 7.95. The van der Waals surface area contributed by atoms with Crippen molar-refractivity contribution in [2.24, 2.45) is 0 Å². The molecule has 0 unspecified atom stereocenters. The Balaban J connectivity index is 1.01. The van der Waals surface area contributed by atoms with Crippen LogP contribution in [-0.2, 0) is 0 Å². The fourth-order valence-corrected chi connectivity index (χ4v) is 5.49. The lowest BCUT2D eigenvalue weighted by atomic mass is 10.1. The Morgan fingerprint density at radius 1 is 1.03 bits per heavy atom. The van der Waals surface area contributed by atoms with E-state index < -0.39 is 0 Å². The van der Waals surface area contributed by atoms with Gasteiger partial charge < -0.3 is 10.2 Å². The van der Waals surface area contributed by atoms with Gasteiger partial charge in [0.05, 0.1) is 21.4 Å². The average molecular weight is 529 g/mol. The van der Waals surface area contributed by atoms with E-state index in [1.165, 1.54) is 0 Å². The first-order chi connectivity index (χ1) is 17.1. The number of benzene rings is 2. The maximum atomic E-state index is 12.5. The second-order valence-electron chi connectivity index (χ2n) is 8.66. The van der Waals surface area contributed by atoms with E-state index >= 15 is 0 Å². The van der Waals surface area contributed by atoms with Gasteiger partial charge in [-0.05, 0) is 43.7 Å². The highest BCUT2D eigenvalue weighted by molar-refractivity contribution is 7.15. The summed E-state index contributed by atoms with van der Waals surface area (Å²) in [5, 5.41) is 6.29. The zero-order valence-electron chi connectivity index (χ0n) is 19.3. The minimum atomic E-state index is -0.0330. The van der Waals surface area contributed by atoms with E-state index in [9.17, 15) is 4.79 Å². The van der Waals surface area contributed by atoms with Crippen molar-refractivity contribution in [3.8, 4) is 11.3 Å². The Labute approximate surface area is 219 Å². The Morgan fingerprint density at radius 3 is 2.60 bits per heavy atom. The Kier molecular flexibility index (Phi) is 7.58. The molecule has 1 N–H and O–H groups in total. The second kappa shape index (κ2) is 11.0. The van der Waals surface area contributed by atoms with Crippen molar-refractivity contribution in [2.75, 3.05) is 44.2 Å². The van der Waals surface area contributed by atoms with E-state index in [2.05, 4.69) is 20.1 Å². The number of nitrogens with zero attached hydrogens (tertiary/aromatic N) is 4. The first-order valence-corrected chi connectivity index (χ1v) is 13.4. The van der Waals surface area contributed by atoms with E-state index in [-0.39, 0.29) is 5.91 Å². The quantitative estimate of drug-likeness (QED) is 0.298. The van der Waals surface area contributed by atoms with Gasteiger partial charge in [-0.15, -0.1) is 11.3 Å². The molecule has 5 rings (SSSR count). The number of hydrogen-bond donors (Lipinski definition) is 1. The summed E-state index contributed by atoms with van der Waals surface area (Å²) in [6.07, 6.45) is 6.01. The van der Waals surface area contributed by atoms with Gasteiger partial charge in [-0.25, -0.2) is 4.98 Å². The predicted octanol–water partition coefficient (Wildman–Crippen LogP) is 5.70. The van der Waals surface area contributed by atoms with Crippen LogP contribution >= 0.6 is 34.5 Å². The first kappa shape index (κ1) is 24.1. The molecule has 0 saturated carbocycles. The molecule has 1 saturated heterocycles. The number of unbranched alkanes of at least 4 members (excludes halogenated alkanes) is 1. The number of carbonyl (C=O) groups is 1. The van der Waals surface area contributed by atoms with Crippen molar-refractivity contribution in [3.05, 3.63) is 75.8 Å². The summed E-state index contributed by atoms with van der Waals surface area (Å²) in [5.41, 5.74) is 3.61. The average Bonchev–Trinajstić information content (AvgIpc) is 3.49. The molecule has 3 heterocycles. The molecule has 6 nitrogen and oxygen atoms in total. The zero-order valence-corrected chi connectivity index (χ0v) is 21.6. The van der Waals surface area contributed by atoms with Gasteiger partial charge in [0.1, 0.15) is 0 Å². The highest BCUT2D eigenvalue weighted by Gasteiger charge is 2.19. The molecule has 0 aliphatic carbocycles. The number of anilines is 1. The normalized spacial score (nSPS) is 14.5. The molecule has 35 heavy (non-hydrogen) atoms. The number of aromatic nitrogens is 2. The molecule has 0 radical (unpaired) electrons. The summed E-state index contributed by atoms with van der Waals surface area (Å²) in [6.45, 7) is 5.57. The third kappa shape index (κ3) is 5.64. The van der Waals surface area contributed by atoms with Crippen LogP contribution in [0.3, 0.4) is 0 Å². The van der Waals surface area contributed by atoms with Gasteiger partial charge in [0.2, 0.25) is 0 Å². The summed E-state index contributed by atoms with van der Waals surface area (Å²) in [5.74, 6) is -0.0330. The molecular weight excluding hydrogens is 501 g/mol. The molecule has 1 amide bonds. The summed E-state index contributed by atoms with van der Waals surface area (Å²) in [6, 6.07) is 13.4. The number of nitrogens with one attached hydrogen (secondary N) is 1. The summed E-state index contributed by atoms with van der Waals surface area (Å²) in [7, 11) is 0. The van der Waals surface area contributed by atoms with Crippen LogP contribution in [0.4, 0.5) is 5.69 Å². The second-order valence-corrected chi connectivity index (χ2v) is 10.3. The standard InChI is InChI=1S/C26H27Cl2N5OS/c27-21-4-3-5-23(24(21)28)32-14-12-31(13-15-32)11-2-1-10-29-25(34)20-8-6-19(7-9-20)22-18-33-16-17-35-26(33)30-22/h3-9,16-18H,1-2,10-15H2,(H,29,34). The third-order valence-electron chi connectivity index (χ3n) is 6.37. The Hall–Kier alpha value is -2.58. The molecule has 0 bridgehead atoms. The predicted molar refractivity (Wildman–Crippen MR) is 145 cm³/mol. The number of hydrogen-bond acceptors (Lipinski definition) is 5. The fourth-order valence-electron chi connectivity index (χ4n) is 4.37. The molecule has 0 atom stereocenters. The van der Waals surface area contributed by atoms with Crippen LogP contribution in [0.5, 0.6) is 0 Å². The molecular formula is C26H27Cl2N5OS. The molecule has 1 fully saturated rings. The first-order valence-electron chi connectivity index (χ1n) is 11.8. The van der Waals surface area contributed by atoms with Gasteiger partial charge in [0.15, 0.2) is 4.96 Å². The van der Waals surface area contributed by atoms with Crippen LogP contribution in [0, 0.1) is 0 Å². The van der Waals surface area contributed by atoms with Crippen LogP contribution in [0.25, 0.3) is 16.2 Å². The Morgan fingerprint density at radius 2 is 1.83 bits per heavy atom. The van der Waals surface area contributed by atoms with Crippen molar-refractivity contribution < 1.29 is 4.79 Å². The molecule has 182 valence electrons. The fraction of sp³-hybridized carbons (Fsp3) is 0.308. The molecule has 2 aromatic heterocycles. The van der Waals surface area contributed by atoms with Crippen molar-refractivity contribution in [2.45, 2.75) is 12.8 Å². The number of halogens is 2. The lowest BCUT2D eigenvalue weighted by Gasteiger charge is -2.36. The summed E-state index contributed by atoms with van der Waals surface area (Å²) < 4.78 is 2.01. The van der Waals surface area contributed by atoms with Crippen LogP contribution in [-0.4, -0.2) is 59.5 Å². The summed E-state index contributed by atoms with van der Waals surface area (Å²) in [4.78, 5) is 22.9.